The number of nitrogens with zero attached hydrogens (tertiary/aromatic N) is 1. The van der Waals surface area contributed by atoms with Crippen molar-refractivity contribution in [3.05, 3.63) is 12.7 Å². The highest BCUT2D eigenvalue weighted by molar-refractivity contribution is 5.03. The van der Waals surface area contributed by atoms with Gasteiger partial charge in [0, 0.05) is 11.6 Å². The van der Waals surface area contributed by atoms with Crippen molar-refractivity contribution in [2.24, 2.45) is 0 Å². The Morgan fingerprint density at radius 3 is 2.40 bits per heavy atom. The SMILES string of the molecule is C=CCC(NCC)C1(N(C)C)CCCC1. The number of hydrogen-bond acceptors (Lipinski definition) is 2. The molecule has 1 aliphatic carbocycles. The fourth-order valence-electron chi connectivity index (χ4n) is 3.00. The summed E-state index contributed by atoms with van der Waals surface area (Å²) in [5.41, 5.74) is 0.365. The minimum Gasteiger partial charge on any atom is -0.312 e. The third-order valence-corrected chi connectivity index (χ3v) is 3.86. The van der Waals surface area contributed by atoms with Crippen molar-refractivity contribution in [2.45, 2.75) is 50.6 Å². The van der Waals surface area contributed by atoms with Gasteiger partial charge in [-0.05, 0) is 39.9 Å². The molecule has 1 fully saturated rings. The molecule has 0 bridgehead atoms. The number of nitrogens with one attached hydrogen (secondary N) is 1. The van der Waals surface area contributed by atoms with Gasteiger partial charge in [-0.1, -0.05) is 25.8 Å². The van der Waals surface area contributed by atoms with Crippen molar-refractivity contribution in [3.63, 3.8) is 0 Å². The third-order valence-electron chi connectivity index (χ3n) is 3.86. The first-order valence-corrected chi connectivity index (χ1v) is 6.19. The van der Waals surface area contributed by atoms with Gasteiger partial charge >= 0.3 is 0 Å². The van der Waals surface area contributed by atoms with Crippen LogP contribution in [0.25, 0.3) is 0 Å². The van der Waals surface area contributed by atoms with Crippen LogP contribution in [0.2, 0.25) is 0 Å². The van der Waals surface area contributed by atoms with Crippen molar-refractivity contribution in [2.75, 3.05) is 20.6 Å². The molecule has 0 saturated heterocycles. The second-order valence-electron chi connectivity index (χ2n) is 4.84. The molecule has 2 heteroatoms. The van der Waals surface area contributed by atoms with Gasteiger partial charge < -0.3 is 10.2 Å². The lowest BCUT2D eigenvalue weighted by atomic mass is 9.84. The molecule has 2 nitrogen and oxygen atoms in total. The minimum atomic E-state index is 0.365. The minimum absolute atomic E-state index is 0.365. The van der Waals surface area contributed by atoms with Crippen LogP contribution in [0.15, 0.2) is 12.7 Å². The van der Waals surface area contributed by atoms with Crippen LogP contribution in [-0.4, -0.2) is 37.1 Å². The first-order valence-electron chi connectivity index (χ1n) is 6.19. The molecule has 0 aromatic carbocycles. The van der Waals surface area contributed by atoms with Crippen molar-refractivity contribution >= 4 is 0 Å². The largest absolute Gasteiger partial charge is 0.312 e. The van der Waals surface area contributed by atoms with E-state index in [0.717, 1.165) is 13.0 Å². The fourth-order valence-corrected chi connectivity index (χ4v) is 3.00. The van der Waals surface area contributed by atoms with E-state index in [-0.39, 0.29) is 0 Å². The maximum atomic E-state index is 3.89. The van der Waals surface area contributed by atoms with Gasteiger partial charge in [-0.3, -0.25) is 0 Å². The zero-order valence-corrected chi connectivity index (χ0v) is 10.6. The summed E-state index contributed by atoms with van der Waals surface area (Å²) in [6, 6.07) is 0.567. The second kappa shape index (κ2) is 5.66. The van der Waals surface area contributed by atoms with Gasteiger partial charge in [-0.25, -0.2) is 0 Å². The molecular weight excluding hydrogens is 184 g/mol. The Morgan fingerprint density at radius 2 is 2.00 bits per heavy atom. The lowest BCUT2D eigenvalue weighted by molar-refractivity contribution is 0.106. The first-order chi connectivity index (χ1) is 7.17. The van der Waals surface area contributed by atoms with Crippen LogP contribution >= 0.6 is 0 Å². The van der Waals surface area contributed by atoms with Crippen molar-refractivity contribution in [1.29, 1.82) is 0 Å². The number of rotatable bonds is 6. The molecule has 0 spiro atoms. The van der Waals surface area contributed by atoms with Crippen LogP contribution in [0.5, 0.6) is 0 Å². The summed E-state index contributed by atoms with van der Waals surface area (Å²) in [5, 5.41) is 3.63. The predicted molar refractivity (Wildman–Crippen MR) is 67.2 cm³/mol. The van der Waals surface area contributed by atoms with E-state index in [0.29, 0.717) is 11.6 Å². The molecule has 1 atom stereocenters. The quantitative estimate of drug-likeness (QED) is 0.677. The molecule has 0 aromatic heterocycles. The maximum absolute atomic E-state index is 3.89. The van der Waals surface area contributed by atoms with Crippen molar-refractivity contribution < 1.29 is 0 Å². The highest BCUT2D eigenvalue weighted by Gasteiger charge is 2.41. The molecule has 0 aromatic rings. The molecule has 1 unspecified atom stereocenters. The molecule has 1 N–H and O–H groups in total. The zero-order chi connectivity index (χ0) is 11.3. The predicted octanol–water partition coefficient (Wildman–Crippen LogP) is 2.42. The highest BCUT2D eigenvalue weighted by atomic mass is 15.2. The third kappa shape index (κ3) is 2.61. The van der Waals surface area contributed by atoms with E-state index in [9.17, 15) is 0 Å². The average Bonchev–Trinajstić information content (AvgIpc) is 2.67. The topological polar surface area (TPSA) is 15.3 Å². The number of hydrogen-bond donors (Lipinski definition) is 1. The summed E-state index contributed by atoms with van der Waals surface area (Å²) < 4.78 is 0. The summed E-state index contributed by atoms with van der Waals surface area (Å²) in [5.74, 6) is 0. The van der Waals surface area contributed by atoms with Crippen molar-refractivity contribution in [3.8, 4) is 0 Å². The Kier molecular flexibility index (Phi) is 4.81. The molecular formula is C13H26N2. The lowest BCUT2D eigenvalue weighted by Crippen LogP contribution is -2.57. The monoisotopic (exact) mass is 210 g/mol. The molecule has 1 saturated carbocycles. The van der Waals surface area contributed by atoms with Gasteiger partial charge in [0.1, 0.15) is 0 Å². The van der Waals surface area contributed by atoms with E-state index in [4.69, 9.17) is 0 Å². The Morgan fingerprint density at radius 1 is 1.40 bits per heavy atom. The Balaban J connectivity index is 2.78. The van der Waals surface area contributed by atoms with Crippen LogP contribution < -0.4 is 5.32 Å². The van der Waals surface area contributed by atoms with E-state index in [2.05, 4.69) is 43.9 Å². The van der Waals surface area contributed by atoms with Gasteiger partial charge in [0.05, 0.1) is 0 Å². The van der Waals surface area contributed by atoms with Crippen LogP contribution in [0.4, 0.5) is 0 Å². The molecule has 0 aliphatic heterocycles. The van der Waals surface area contributed by atoms with Crippen LogP contribution in [-0.2, 0) is 0 Å². The Hall–Kier alpha value is -0.340. The van der Waals surface area contributed by atoms with Crippen LogP contribution in [0.1, 0.15) is 39.0 Å². The van der Waals surface area contributed by atoms with Crippen molar-refractivity contribution in [1.82, 2.24) is 10.2 Å². The van der Waals surface area contributed by atoms with E-state index in [1.165, 1.54) is 25.7 Å². The molecule has 1 rings (SSSR count). The zero-order valence-electron chi connectivity index (χ0n) is 10.6. The standard InChI is InChI=1S/C13H26N2/c1-5-9-12(14-6-2)13(15(3)4)10-7-8-11-13/h5,12,14H,1,6-11H2,2-4H3. The molecule has 0 heterocycles. The number of likely N-dealkylation sites (N-methyl/N-ethyl adjacent to an activating group) is 2. The van der Waals surface area contributed by atoms with Gasteiger partial charge in [0.25, 0.3) is 0 Å². The van der Waals surface area contributed by atoms with Gasteiger partial charge in [-0.2, -0.15) is 0 Å². The molecule has 1 aliphatic rings. The molecule has 0 radical (unpaired) electrons. The van der Waals surface area contributed by atoms with Gasteiger partial charge in [0.15, 0.2) is 0 Å². The first kappa shape index (κ1) is 12.7. The Bertz CT molecular complexity index is 193. The van der Waals surface area contributed by atoms with Gasteiger partial charge in [0.2, 0.25) is 0 Å². The maximum Gasteiger partial charge on any atom is 0.0359 e. The van der Waals surface area contributed by atoms with Gasteiger partial charge in [-0.15, -0.1) is 6.58 Å². The highest BCUT2D eigenvalue weighted by Crippen LogP contribution is 2.37. The summed E-state index contributed by atoms with van der Waals surface area (Å²) in [4.78, 5) is 2.43. The molecule has 0 amide bonds. The van der Waals surface area contributed by atoms with E-state index in [1.807, 2.05) is 0 Å². The second-order valence-corrected chi connectivity index (χ2v) is 4.84. The van der Waals surface area contributed by atoms with Crippen LogP contribution in [0, 0.1) is 0 Å². The smallest absolute Gasteiger partial charge is 0.0359 e. The molecule has 88 valence electrons. The van der Waals surface area contributed by atoms with E-state index < -0.39 is 0 Å². The van der Waals surface area contributed by atoms with E-state index in [1.54, 1.807) is 0 Å². The fraction of sp³-hybridized carbons (Fsp3) is 0.846. The normalized spacial score (nSPS) is 21.9. The Labute approximate surface area is 94.7 Å². The summed E-state index contributed by atoms with van der Waals surface area (Å²) in [6.07, 6.45) is 8.52. The average molecular weight is 210 g/mol. The molecule has 15 heavy (non-hydrogen) atoms. The summed E-state index contributed by atoms with van der Waals surface area (Å²) in [7, 11) is 4.44. The summed E-state index contributed by atoms with van der Waals surface area (Å²) in [6.45, 7) is 7.12. The van der Waals surface area contributed by atoms with E-state index >= 15 is 0 Å². The lowest BCUT2D eigenvalue weighted by Gasteiger charge is -2.43. The van der Waals surface area contributed by atoms with Crippen LogP contribution in [0.3, 0.4) is 0 Å². The summed E-state index contributed by atoms with van der Waals surface area (Å²) >= 11 is 0.